The summed E-state index contributed by atoms with van der Waals surface area (Å²) >= 11 is 0. The predicted octanol–water partition coefficient (Wildman–Crippen LogP) is 3.04. The number of nitrogens with zero attached hydrogens (tertiary/aromatic N) is 1. The molecule has 19 heavy (non-hydrogen) atoms. The quantitative estimate of drug-likeness (QED) is 0.884. The highest BCUT2D eigenvalue weighted by Gasteiger charge is 2.12. The Morgan fingerprint density at radius 3 is 2.63 bits per heavy atom. The minimum Gasteiger partial charge on any atom is -0.397 e. The molecule has 2 rings (SSSR count). The molecule has 0 aliphatic carbocycles. The minimum absolute atomic E-state index is 0.131. The molecule has 1 aromatic heterocycles. The van der Waals surface area contributed by atoms with Crippen molar-refractivity contribution in [2.75, 3.05) is 11.1 Å². The van der Waals surface area contributed by atoms with E-state index >= 15 is 0 Å². The fourth-order valence-corrected chi connectivity index (χ4v) is 1.98. The Morgan fingerprint density at radius 2 is 2.00 bits per heavy atom. The maximum absolute atomic E-state index is 12.2. The number of rotatable bonds is 4. The maximum Gasteiger partial charge on any atom is 0.272 e. The lowest BCUT2D eigenvalue weighted by Crippen LogP contribution is -2.16. The Kier molecular flexibility index (Phi) is 3.90. The molecule has 0 spiro atoms. The lowest BCUT2D eigenvalue weighted by atomic mass is 10.2. The van der Waals surface area contributed by atoms with Gasteiger partial charge < -0.3 is 15.6 Å². The molecule has 4 nitrogen and oxygen atoms in total. The van der Waals surface area contributed by atoms with Gasteiger partial charge in [-0.1, -0.05) is 24.6 Å². The summed E-state index contributed by atoms with van der Waals surface area (Å²) in [5, 5.41) is 2.88. The van der Waals surface area contributed by atoms with Crippen molar-refractivity contribution in [3.8, 4) is 0 Å². The van der Waals surface area contributed by atoms with Gasteiger partial charge in [0.15, 0.2) is 0 Å². The summed E-state index contributed by atoms with van der Waals surface area (Å²) in [6, 6.07) is 9.43. The van der Waals surface area contributed by atoms with E-state index in [2.05, 4.69) is 12.2 Å². The molecule has 0 radical (unpaired) electrons. The maximum atomic E-state index is 12.2. The summed E-state index contributed by atoms with van der Waals surface area (Å²) in [4.78, 5) is 12.2. The number of hydrogen-bond acceptors (Lipinski definition) is 2. The van der Waals surface area contributed by atoms with Crippen LogP contribution in [0.15, 0.2) is 36.5 Å². The molecule has 0 saturated carbocycles. The number of nitrogen functional groups attached to an aromatic ring is 1. The van der Waals surface area contributed by atoms with Crippen LogP contribution in [0.2, 0.25) is 0 Å². The van der Waals surface area contributed by atoms with Crippen LogP contribution in [0.4, 0.5) is 11.4 Å². The van der Waals surface area contributed by atoms with E-state index in [0.717, 1.165) is 24.2 Å². The number of carbonyl (C=O) groups is 1. The minimum atomic E-state index is -0.131. The molecule has 0 fully saturated rings. The zero-order valence-electron chi connectivity index (χ0n) is 11.3. The normalized spacial score (nSPS) is 10.4. The first-order valence-electron chi connectivity index (χ1n) is 6.44. The predicted molar refractivity (Wildman–Crippen MR) is 78.3 cm³/mol. The molecule has 0 bridgehead atoms. The molecule has 0 unspecified atom stereocenters. The van der Waals surface area contributed by atoms with Crippen LogP contribution in [0.5, 0.6) is 0 Å². The topological polar surface area (TPSA) is 60.0 Å². The van der Waals surface area contributed by atoms with E-state index < -0.39 is 0 Å². The summed E-state index contributed by atoms with van der Waals surface area (Å²) in [5.41, 5.74) is 8.92. The monoisotopic (exact) mass is 257 g/mol. The summed E-state index contributed by atoms with van der Waals surface area (Å²) in [7, 11) is 0. The highest BCUT2D eigenvalue weighted by molar-refractivity contribution is 6.03. The van der Waals surface area contributed by atoms with Crippen LogP contribution in [0, 0.1) is 6.92 Å². The number of nitrogens with one attached hydrogen (secondary N) is 1. The number of aryl methyl sites for hydroxylation is 2. The Hall–Kier alpha value is -2.23. The molecule has 1 amide bonds. The van der Waals surface area contributed by atoms with E-state index in [4.69, 9.17) is 5.73 Å². The van der Waals surface area contributed by atoms with Crippen LogP contribution in [-0.2, 0) is 6.54 Å². The van der Waals surface area contributed by atoms with E-state index in [9.17, 15) is 4.79 Å². The van der Waals surface area contributed by atoms with Crippen molar-refractivity contribution in [2.45, 2.75) is 26.8 Å². The second-order valence-corrected chi connectivity index (χ2v) is 4.67. The molecule has 1 heterocycles. The van der Waals surface area contributed by atoms with Crippen LogP contribution in [-0.4, -0.2) is 10.5 Å². The van der Waals surface area contributed by atoms with E-state index in [1.54, 1.807) is 12.3 Å². The average Bonchev–Trinajstić information content (AvgIpc) is 2.74. The van der Waals surface area contributed by atoms with E-state index in [1.807, 2.05) is 35.8 Å². The molecule has 1 aromatic carbocycles. The van der Waals surface area contributed by atoms with Crippen molar-refractivity contribution in [2.24, 2.45) is 0 Å². The van der Waals surface area contributed by atoms with Gasteiger partial charge in [0.25, 0.3) is 5.91 Å². The number of nitrogens with two attached hydrogens (primary N) is 1. The van der Waals surface area contributed by atoms with Crippen molar-refractivity contribution < 1.29 is 4.79 Å². The molecule has 0 aliphatic rings. The summed E-state index contributed by atoms with van der Waals surface area (Å²) in [6.07, 6.45) is 2.76. The van der Waals surface area contributed by atoms with Crippen LogP contribution in [0.3, 0.4) is 0 Å². The number of benzene rings is 1. The third kappa shape index (κ3) is 3.16. The fourth-order valence-electron chi connectivity index (χ4n) is 1.98. The van der Waals surface area contributed by atoms with Gasteiger partial charge in [0.1, 0.15) is 5.69 Å². The third-order valence-corrected chi connectivity index (χ3v) is 2.92. The highest BCUT2D eigenvalue weighted by Crippen LogP contribution is 2.15. The Morgan fingerprint density at radius 1 is 1.32 bits per heavy atom. The molecular formula is C15H19N3O. The largest absolute Gasteiger partial charge is 0.397 e. The molecule has 4 heteroatoms. The van der Waals surface area contributed by atoms with Gasteiger partial charge >= 0.3 is 0 Å². The van der Waals surface area contributed by atoms with Gasteiger partial charge in [0.2, 0.25) is 0 Å². The van der Waals surface area contributed by atoms with Crippen molar-refractivity contribution in [1.29, 1.82) is 0 Å². The Balaban J connectivity index is 2.17. The zero-order chi connectivity index (χ0) is 13.8. The molecular weight excluding hydrogens is 238 g/mol. The second kappa shape index (κ2) is 5.61. The fraction of sp³-hybridized carbons (Fsp3) is 0.267. The first kappa shape index (κ1) is 13.2. The van der Waals surface area contributed by atoms with Crippen LogP contribution < -0.4 is 11.1 Å². The van der Waals surface area contributed by atoms with Crippen LogP contribution >= 0.6 is 0 Å². The molecule has 100 valence electrons. The first-order chi connectivity index (χ1) is 9.10. The average molecular weight is 257 g/mol. The first-order valence-corrected chi connectivity index (χ1v) is 6.44. The number of anilines is 2. The van der Waals surface area contributed by atoms with E-state index in [0.29, 0.717) is 11.4 Å². The van der Waals surface area contributed by atoms with Gasteiger partial charge in [-0.25, -0.2) is 0 Å². The Bertz CT molecular complexity index is 570. The summed E-state index contributed by atoms with van der Waals surface area (Å²) in [6.45, 7) is 4.87. The van der Waals surface area contributed by atoms with Crippen molar-refractivity contribution >= 4 is 17.3 Å². The lowest BCUT2D eigenvalue weighted by Gasteiger charge is -2.08. The number of hydrogen-bond donors (Lipinski definition) is 2. The van der Waals surface area contributed by atoms with Gasteiger partial charge in [-0.2, -0.15) is 0 Å². The van der Waals surface area contributed by atoms with E-state index in [1.165, 1.54) is 0 Å². The molecule has 0 saturated heterocycles. The highest BCUT2D eigenvalue weighted by atomic mass is 16.1. The third-order valence-electron chi connectivity index (χ3n) is 2.92. The molecule has 0 aliphatic heterocycles. The lowest BCUT2D eigenvalue weighted by molar-refractivity contribution is 0.101. The standard InChI is InChI=1S/C15H19N3O/c1-3-8-18-10-12(16)9-14(18)15(19)17-13-6-4-11(2)5-7-13/h4-7,9-10H,3,8,16H2,1-2H3,(H,17,19). The molecule has 0 atom stereocenters. The van der Waals surface area contributed by atoms with Gasteiger partial charge in [-0.15, -0.1) is 0 Å². The van der Waals surface area contributed by atoms with Gasteiger partial charge in [-0.3, -0.25) is 4.79 Å². The van der Waals surface area contributed by atoms with Gasteiger partial charge in [0, 0.05) is 18.4 Å². The second-order valence-electron chi connectivity index (χ2n) is 4.67. The zero-order valence-corrected chi connectivity index (χ0v) is 11.3. The van der Waals surface area contributed by atoms with Crippen LogP contribution in [0.1, 0.15) is 29.4 Å². The molecule has 3 N–H and O–H groups in total. The number of aromatic nitrogens is 1. The van der Waals surface area contributed by atoms with Crippen LogP contribution in [0.25, 0.3) is 0 Å². The van der Waals surface area contributed by atoms with Gasteiger partial charge in [0.05, 0.1) is 5.69 Å². The summed E-state index contributed by atoms with van der Waals surface area (Å²) < 4.78 is 1.89. The SMILES string of the molecule is CCCn1cc(N)cc1C(=O)Nc1ccc(C)cc1. The molecule has 2 aromatic rings. The van der Waals surface area contributed by atoms with Crippen molar-refractivity contribution in [1.82, 2.24) is 4.57 Å². The van der Waals surface area contributed by atoms with Crippen molar-refractivity contribution in [3.05, 3.63) is 47.8 Å². The summed E-state index contributed by atoms with van der Waals surface area (Å²) in [5.74, 6) is -0.131. The van der Waals surface area contributed by atoms with E-state index in [-0.39, 0.29) is 5.91 Å². The van der Waals surface area contributed by atoms with Crippen molar-refractivity contribution in [3.63, 3.8) is 0 Å². The van der Waals surface area contributed by atoms with Gasteiger partial charge in [-0.05, 0) is 31.5 Å². The number of amides is 1. The number of carbonyl (C=O) groups excluding carboxylic acids is 1. The Labute approximate surface area is 113 Å². The smallest absolute Gasteiger partial charge is 0.272 e.